The Hall–Kier alpha value is -1.61. The number of anilines is 1. The highest BCUT2D eigenvalue weighted by molar-refractivity contribution is 9.10. The summed E-state index contributed by atoms with van der Waals surface area (Å²) < 4.78 is 0.658. The molecule has 2 aromatic rings. The number of ketones is 1. The highest BCUT2D eigenvalue weighted by Gasteiger charge is 2.13. The molecule has 0 saturated heterocycles. The van der Waals surface area contributed by atoms with E-state index >= 15 is 0 Å². The van der Waals surface area contributed by atoms with Crippen molar-refractivity contribution in [3.05, 3.63) is 63.6 Å². The second kappa shape index (κ2) is 4.72. The lowest BCUT2D eigenvalue weighted by atomic mass is 10.0. The van der Waals surface area contributed by atoms with Gasteiger partial charge in [-0.3, -0.25) is 4.79 Å². The normalized spacial score (nSPS) is 10.2. The predicted octanol–water partition coefficient (Wildman–Crippen LogP) is 3.57. The molecule has 0 radical (unpaired) electrons. The lowest BCUT2D eigenvalue weighted by Crippen LogP contribution is -2.03. The first-order valence-electron chi connectivity index (χ1n) is 5.25. The molecular formula is C14H12BrNO. The standard InChI is InChI=1S/C14H12BrNO/c1-9-5-7-10(8-6-9)14(17)11-3-2-4-12(16)13(11)15/h2-8H,16H2,1H3. The van der Waals surface area contributed by atoms with E-state index in [2.05, 4.69) is 15.9 Å². The van der Waals surface area contributed by atoms with E-state index in [4.69, 9.17) is 5.73 Å². The third-order valence-corrected chi connectivity index (χ3v) is 3.47. The maximum absolute atomic E-state index is 12.2. The van der Waals surface area contributed by atoms with Gasteiger partial charge >= 0.3 is 0 Å². The summed E-state index contributed by atoms with van der Waals surface area (Å²) in [4.78, 5) is 12.2. The zero-order chi connectivity index (χ0) is 12.4. The van der Waals surface area contributed by atoms with Crippen LogP contribution in [0.25, 0.3) is 0 Å². The van der Waals surface area contributed by atoms with Crippen LogP contribution in [0.15, 0.2) is 46.9 Å². The van der Waals surface area contributed by atoms with Crippen molar-refractivity contribution in [2.24, 2.45) is 0 Å². The van der Waals surface area contributed by atoms with Crippen molar-refractivity contribution in [1.29, 1.82) is 0 Å². The Bertz CT molecular complexity index is 561. The molecule has 0 saturated carbocycles. The number of halogens is 1. The van der Waals surface area contributed by atoms with Gasteiger partial charge in [0.25, 0.3) is 0 Å². The number of nitrogen functional groups attached to an aromatic ring is 1. The van der Waals surface area contributed by atoms with Gasteiger partial charge in [-0.15, -0.1) is 0 Å². The van der Waals surface area contributed by atoms with Gasteiger partial charge in [-0.1, -0.05) is 35.9 Å². The summed E-state index contributed by atoms with van der Waals surface area (Å²) in [6.07, 6.45) is 0. The molecule has 0 aliphatic carbocycles. The zero-order valence-corrected chi connectivity index (χ0v) is 11.0. The molecule has 3 heteroatoms. The molecule has 17 heavy (non-hydrogen) atoms. The van der Waals surface area contributed by atoms with Crippen molar-refractivity contribution in [2.75, 3.05) is 5.73 Å². The molecule has 0 fully saturated rings. The van der Waals surface area contributed by atoms with Gasteiger partial charge in [-0.25, -0.2) is 0 Å². The predicted molar refractivity (Wildman–Crippen MR) is 73.2 cm³/mol. The summed E-state index contributed by atoms with van der Waals surface area (Å²) in [6.45, 7) is 1.99. The smallest absolute Gasteiger partial charge is 0.194 e. The van der Waals surface area contributed by atoms with Gasteiger partial charge in [-0.2, -0.15) is 0 Å². The van der Waals surface area contributed by atoms with Gasteiger partial charge < -0.3 is 5.73 Å². The number of hydrogen-bond donors (Lipinski definition) is 1. The first-order valence-corrected chi connectivity index (χ1v) is 6.04. The SMILES string of the molecule is Cc1ccc(C(=O)c2cccc(N)c2Br)cc1. The van der Waals surface area contributed by atoms with Crippen molar-refractivity contribution in [3.8, 4) is 0 Å². The first-order chi connectivity index (χ1) is 8.09. The molecule has 0 unspecified atom stereocenters. The lowest BCUT2D eigenvalue weighted by molar-refractivity contribution is 0.103. The summed E-state index contributed by atoms with van der Waals surface area (Å²) in [5, 5.41) is 0. The molecule has 0 heterocycles. The van der Waals surface area contributed by atoms with Gasteiger partial charge in [0.2, 0.25) is 0 Å². The number of hydrogen-bond acceptors (Lipinski definition) is 2. The topological polar surface area (TPSA) is 43.1 Å². The van der Waals surface area contributed by atoms with Crippen LogP contribution in [0, 0.1) is 6.92 Å². The number of carbonyl (C=O) groups excluding carboxylic acids is 1. The van der Waals surface area contributed by atoms with Crippen molar-refractivity contribution >= 4 is 27.4 Å². The van der Waals surface area contributed by atoms with E-state index in [-0.39, 0.29) is 5.78 Å². The Morgan fingerprint density at radius 3 is 2.41 bits per heavy atom. The fourth-order valence-corrected chi connectivity index (χ4v) is 2.03. The van der Waals surface area contributed by atoms with Gasteiger partial charge in [0.15, 0.2) is 5.78 Å². The van der Waals surface area contributed by atoms with Crippen molar-refractivity contribution in [1.82, 2.24) is 0 Å². The van der Waals surface area contributed by atoms with E-state index in [1.165, 1.54) is 0 Å². The van der Waals surface area contributed by atoms with E-state index < -0.39 is 0 Å². The fourth-order valence-electron chi connectivity index (χ4n) is 1.59. The largest absolute Gasteiger partial charge is 0.398 e. The quantitative estimate of drug-likeness (QED) is 0.678. The minimum absolute atomic E-state index is 0.0239. The highest BCUT2D eigenvalue weighted by Crippen LogP contribution is 2.25. The molecular weight excluding hydrogens is 278 g/mol. The van der Waals surface area contributed by atoms with E-state index in [1.54, 1.807) is 18.2 Å². The van der Waals surface area contributed by atoms with Gasteiger partial charge in [0.05, 0.1) is 4.47 Å². The summed E-state index contributed by atoms with van der Waals surface area (Å²) in [5.41, 5.74) is 8.73. The van der Waals surface area contributed by atoms with Crippen LogP contribution in [0.3, 0.4) is 0 Å². The molecule has 0 aliphatic heterocycles. The molecule has 86 valence electrons. The molecule has 0 spiro atoms. The highest BCUT2D eigenvalue weighted by atomic mass is 79.9. The Morgan fingerprint density at radius 1 is 1.12 bits per heavy atom. The van der Waals surface area contributed by atoms with E-state index in [9.17, 15) is 4.79 Å². The van der Waals surface area contributed by atoms with Crippen LogP contribution in [-0.2, 0) is 0 Å². The summed E-state index contributed by atoms with van der Waals surface area (Å²) in [5.74, 6) is -0.0239. The maximum Gasteiger partial charge on any atom is 0.194 e. The average Bonchev–Trinajstić information content (AvgIpc) is 2.33. The Balaban J connectivity index is 2.44. The van der Waals surface area contributed by atoms with Gasteiger partial charge in [0.1, 0.15) is 0 Å². The second-order valence-corrected chi connectivity index (χ2v) is 4.70. The van der Waals surface area contributed by atoms with Crippen LogP contribution in [-0.4, -0.2) is 5.78 Å². The fraction of sp³-hybridized carbons (Fsp3) is 0.0714. The van der Waals surface area contributed by atoms with Crippen LogP contribution in [0.1, 0.15) is 21.5 Å². The van der Waals surface area contributed by atoms with Gasteiger partial charge in [0, 0.05) is 16.8 Å². The monoisotopic (exact) mass is 289 g/mol. The van der Waals surface area contributed by atoms with Crippen LogP contribution < -0.4 is 5.73 Å². The average molecular weight is 290 g/mol. The van der Waals surface area contributed by atoms with Crippen molar-refractivity contribution in [3.63, 3.8) is 0 Å². The minimum atomic E-state index is -0.0239. The maximum atomic E-state index is 12.2. The number of nitrogens with two attached hydrogens (primary N) is 1. The Kier molecular flexibility index (Phi) is 3.29. The molecule has 2 rings (SSSR count). The molecule has 0 atom stereocenters. The van der Waals surface area contributed by atoms with E-state index in [0.29, 0.717) is 21.3 Å². The third-order valence-electron chi connectivity index (χ3n) is 2.59. The molecule has 2 N–H and O–H groups in total. The zero-order valence-electron chi connectivity index (χ0n) is 9.41. The van der Waals surface area contributed by atoms with Crippen LogP contribution in [0.4, 0.5) is 5.69 Å². The minimum Gasteiger partial charge on any atom is -0.398 e. The van der Waals surface area contributed by atoms with E-state index in [0.717, 1.165) is 5.56 Å². The van der Waals surface area contributed by atoms with Crippen molar-refractivity contribution in [2.45, 2.75) is 6.92 Å². The van der Waals surface area contributed by atoms with Crippen LogP contribution in [0.2, 0.25) is 0 Å². The molecule has 0 amide bonds. The second-order valence-electron chi connectivity index (χ2n) is 3.90. The summed E-state index contributed by atoms with van der Waals surface area (Å²) >= 11 is 3.35. The van der Waals surface area contributed by atoms with Crippen LogP contribution >= 0.6 is 15.9 Å². The first kappa shape index (κ1) is 11.9. The summed E-state index contributed by atoms with van der Waals surface area (Å²) in [7, 11) is 0. The third kappa shape index (κ3) is 2.39. The lowest BCUT2D eigenvalue weighted by Gasteiger charge is -2.06. The Labute approximate surface area is 109 Å². The number of carbonyl (C=O) groups is 1. The van der Waals surface area contributed by atoms with E-state index in [1.807, 2.05) is 31.2 Å². The summed E-state index contributed by atoms with van der Waals surface area (Å²) in [6, 6.07) is 12.8. The molecule has 2 aromatic carbocycles. The number of rotatable bonds is 2. The van der Waals surface area contributed by atoms with Crippen LogP contribution in [0.5, 0.6) is 0 Å². The molecule has 0 aromatic heterocycles. The number of aryl methyl sites for hydroxylation is 1. The number of benzene rings is 2. The molecule has 0 aliphatic rings. The molecule has 0 bridgehead atoms. The Morgan fingerprint density at radius 2 is 1.76 bits per heavy atom. The van der Waals surface area contributed by atoms with Crippen molar-refractivity contribution < 1.29 is 4.79 Å². The molecule has 2 nitrogen and oxygen atoms in total. The van der Waals surface area contributed by atoms with Gasteiger partial charge in [-0.05, 0) is 35.0 Å².